The largest absolute Gasteiger partial charge is 0.364 e. The van der Waals surface area contributed by atoms with Gasteiger partial charge in [-0.25, -0.2) is 4.98 Å². The molecule has 1 saturated heterocycles. The summed E-state index contributed by atoms with van der Waals surface area (Å²) in [4.78, 5) is 28.9. The minimum atomic E-state index is -0.583. The Morgan fingerprint density at radius 3 is 2.88 bits per heavy atom. The standard InChI is InChI=1S/C11H15N3O2S/c1-7-4-2-3-5-14(7)11(16)8-6-17-10(13-8)9(12)15/h6-7H,2-5H2,1H3,(H2,12,15). The van der Waals surface area contributed by atoms with Gasteiger partial charge in [-0.3, -0.25) is 9.59 Å². The lowest BCUT2D eigenvalue weighted by Crippen LogP contribution is -2.42. The molecule has 1 unspecified atom stereocenters. The monoisotopic (exact) mass is 253 g/mol. The van der Waals surface area contributed by atoms with E-state index in [0.29, 0.717) is 5.69 Å². The summed E-state index contributed by atoms with van der Waals surface area (Å²) in [6.07, 6.45) is 3.22. The number of nitrogens with zero attached hydrogens (tertiary/aromatic N) is 2. The van der Waals surface area contributed by atoms with Gasteiger partial charge in [0.15, 0.2) is 5.01 Å². The van der Waals surface area contributed by atoms with E-state index in [1.165, 1.54) is 0 Å². The van der Waals surface area contributed by atoms with E-state index in [9.17, 15) is 9.59 Å². The highest BCUT2D eigenvalue weighted by Gasteiger charge is 2.26. The van der Waals surface area contributed by atoms with Crippen molar-refractivity contribution in [1.82, 2.24) is 9.88 Å². The number of carbonyl (C=O) groups is 2. The molecule has 1 atom stereocenters. The van der Waals surface area contributed by atoms with Crippen LogP contribution in [-0.4, -0.2) is 34.3 Å². The molecular weight excluding hydrogens is 238 g/mol. The fourth-order valence-electron chi connectivity index (χ4n) is 2.03. The van der Waals surface area contributed by atoms with E-state index in [2.05, 4.69) is 4.98 Å². The Bertz CT molecular complexity index is 444. The minimum absolute atomic E-state index is 0.0963. The van der Waals surface area contributed by atoms with Gasteiger partial charge in [-0.15, -0.1) is 11.3 Å². The van der Waals surface area contributed by atoms with Crippen LogP contribution >= 0.6 is 11.3 Å². The van der Waals surface area contributed by atoms with Crippen LogP contribution in [0.15, 0.2) is 5.38 Å². The van der Waals surface area contributed by atoms with Crippen LogP contribution in [0.25, 0.3) is 0 Å². The van der Waals surface area contributed by atoms with Crippen molar-refractivity contribution in [3.05, 3.63) is 16.1 Å². The van der Waals surface area contributed by atoms with E-state index in [4.69, 9.17) is 5.73 Å². The maximum atomic E-state index is 12.2. The smallest absolute Gasteiger partial charge is 0.277 e. The maximum Gasteiger partial charge on any atom is 0.277 e. The van der Waals surface area contributed by atoms with Crippen molar-refractivity contribution < 1.29 is 9.59 Å². The van der Waals surface area contributed by atoms with Crippen molar-refractivity contribution in [3.8, 4) is 0 Å². The van der Waals surface area contributed by atoms with Crippen molar-refractivity contribution in [2.75, 3.05) is 6.54 Å². The van der Waals surface area contributed by atoms with Crippen LogP contribution in [0.2, 0.25) is 0 Å². The quantitative estimate of drug-likeness (QED) is 0.862. The Morgan fingerprint density at radius 1 is 1.53 bits per heavy atom. The van der Waals surface area contributed by atoms with Gasteiger partial charge in [-0.1, -0.05) is 0 Å². The first-order valence-corrected chi connectivity index (χ1v) is 6.54. The first kappa shape index (κ1) is 12.0. The normalized spacial score (nSPS) is 20.3. The second-order valence-electron chi connectivity index (χ2n) is 4.25. The summed E-state index contributed by atoms with van der Waals surface area (Å²) in [5, 5.41) is 1.79. The molecule has 0 aliphatic carbocycles. The summed E-state index contributed by atoms with van der Waals surface area (Å²) in [6.45, 7) is 2.81. The van der Waals surface area contributed by atoms with Crippen LogP contribution in [0.5, 0.6) is 0 Å². The lowest BCUT2D eigenvalue weighted by atomic mass is 10.0. The molecule has 1 fully saturated rings. The summed E-state index contributed by atoms with van der Waals surface area (Å²) in [6, 6.07) is 0.245. The molecule has 17 heavy (non-hydrogen) atoms. The summed E-state index contributed by atoms with van der Waals surface area (Å²) in [5.74, 6) is -0.679. The molecule has 92 valence electrons. The SMILES string of the molecule is CC1CCCCN1C(=O)c1csc(C(N)=O)n1. The number of thiazole rings is 1. The molecule has 6 heteroatoms. The summed E-state index contributed by atoms with van der Waals surface area (Å²) in [7, 11) is 0. The molecule has 0 aromatic carbocycles. The first-order valence-electron chi connectivity index (χ1n) is 5.66. The number of piperidine rings is 1. The van der Waals surface area contributed by atoms with E-state index in [1.54, 1.807) is 5.38 Å². The molecule has 2 N–H and O–H groups in total. The van der Waals surface area contributed by atoms with Gasteiger partial charge in [0.05, 0.1) is 0 Å². The van der Waals surface area contributed by atoms with E-state index in [-0.39, 0.29) is 17.0 Å². The molecule has 0 spiro atoms. The highest BCUT2D eigenvalue weighted by atomic mass is 32.1. The second kappa shape index (κ2) is 4.83. The third kappa shape index (κ3) is 2.46. The molecule has 1 aliphatic rings. The Labute approximate surface area is 104 Å². The average molecular weight is 253 g/mol. The summed E-state index contributed by atoms with van der Waals surface area (Å²) in [5.41, 5.74) is 5.45. The van der Waals surface area contributed by atoms with E-state index >= 15 is 0 Å². The Kier molecular flexibility index (Phi) is 3.42. The van der Waals surface area contributed by atoms with Gasteiger partial charge in [-0.05, 0) is 26.2 Å². The summed E-state index contributed by atoms with van der Waals surface area (Å²) >= 11 is 1.12. The lowest BCUT2D eigenvalue weighted by molar-refractivity contribution is 0.0630. The molecule has 0 radical (unpaired) electrons. The molecule has 1 aromatic rings. The Morgan fingerprint density at radius 2 is 2.29 bits per heavy atom. The van der Waals surface area contributed by atoms with Crippen LogP contribution in [0, 0.1) is 0 Å². The highest BCUT2D eigenvalue weighted by Crippen LogP contribution is 2.20. The number of amides is 2. The van der Waals surface area contributed by atoms with Gasteiger partial charge in [0, 0.05) is 18.0 Å². The average Bonchev–Trinajstić information content (AvgIpc) is 2.78. The molecule has 2 rings (SSSR count). The fourth-order valence-corrected chi connectivity index (χ4v) is 2.68. The number of hydrogen-bond donors (Lipinski definition) is 1. The summed E-state index contributed by atoms with van der Waals surface area (Å²) < 4.78 is 0. The molecule has 1 aliphatic heterocycles. The van der Waals surface area contributed by atoms with Crippen molar-refractivity contribution in [3.63, 3.8) is 0 Å². The van der Waals surface area contributed by atoms with Crippen molar-refractivity contribution in [2.45, 2.75) is 32.2 Å². The number of hydrogen-bond acceptors (Lipinski definition) is 4. The van der Waals surface area contributed by atoms with Gasteiger partial charge >= 0.3 is 0 Å². The van der Waals surface area contributed by atoms with Crippen LogP contribution < -0.4 is 5.73 Å². The van der Waals surface area contributed by atoms with Gasteiger partial charge in [0.1, 0.15) is 5.69 Å². The molecule has 2 amide bonds. The van der Waals surface area contributed by atoms with Crippen LogP contribution in [0.1, 0.15) is 46.5 Å². The highest BCUT2D eigenvalue weighted by molar-refractivity contribution is 7.11. The van der Waals surface area contributed by atoms with Gasteiger partial charge in [0.2, 0.25) is 0 Å². The van der Waals surface area contributed by atoms with Crippen LogP contribution in [0.4, 0.5) is 0 Å². The second-order valence-corrected chi connectivity index (χ2v) is 5.10. The molecule has 0 saturated carbocycles. The van der Waals surface area contributed by atoms with Gasteiger partial charge in [0.25, 0.3) is 11.8 Å². The topological polar surface area (TPSA) is 76.3 Å². The lowest BCUT2D eigenvalue weighted by Gasteiger charge is -2.32. The van der Waals surface area contributed by atoms with Crippen molar-refractivity contribution >= 4 is 23.2 Å². The Hall–Kier alpha value is -1.43. The zero-order valence-electron chi connectivity index (χ0n) is 9.68. The maximum absolute atomic E-state index is 12.2. The van der Waals surface area contributed by atoms with Crippen molar-refractivity contribution in [2.24, 2.45) is 5.73 Å². The fraction of sp³-hybridized carbons (Fsp3) is 0.545. The zero-order valence-corrected chi connectivity index (χ0v) is 10.5. The number of nitrogens with two attached hydrogens (primary N) is 1. The van der Waals surface area contributed by atoms with Gasteiger partial charge < -0.3 is 10.6 Å². The molecule has 1 aromatic heterocycles. The first-order chi connectivity index (χ1) is 8.09. The third-order valence-corrected chi connectivity index (χ3v) is 3.85. The number of primary amides is 1. The zero-order chi connectivity index (χ0) is 12.4. The van der Waals surface area contributed by atoms with E-state index < -0.39 is 5.91 Å². The van der Waals surface area contributed by atoms with Gasteiger partial charge in [-0.2, -0.15) is 0 Å². The minimum Gasteiger partial charge on any atom is -0.364 e. The number of aromatic nitrogens is 1. The van der Waals surface area contributed by atoms with Crippen molar-refractivity contribution in [1.29, 1.82) is 0 Å². The molecular formula is C11H15N3O2S. The van der Waals surface area contributed by atoms with Crippen LogP contribution in [-0.2, 0) is 0 Å². The third-order valence-electron chi connectivity index (χ3n) is 3.00. The number of carbonyl (C=O) groups excluding carboxylic acids is 2. The molecule has 2 heterocycles. The molecule has 0 bridgehead atoms. The number of rotatable bonds is 2. The van der Waals surface area contributed by atoms with E-state index in [1.807, 2.05) is 11.8 Å². The predicted octanol–water partition coefficient (Wildman–Crippen LogP) is 1.26. The van der Waals surface area contributed by atoms with Crippen LogP contribution in [0.3, 0.4) is 0 Å². The molecule has 5 nitrogen and oxygen atoms in total. The number of likely N-dealkylation sites (tertiary alicyclic amines) is 1. The van der Waals surface area contributed by atoms with E-state index in [0.717, 1.165) is 37.1 Å². The Balaban J connectivity index is 2.15. The predicted molar refractivity (Wildman–Crippen MR) is 65.0 cm³/mol.